The zero-order valence-electron chi connectivity index (χ0n) is 9.99. The zero-order chi connectivity index (χ0) is 12.3. The van der Waals surface area contributed by atoms with Crippen LogP contribution in [0.4, 0.5) is 0 Å². The number of nitrogens with two attached hydrogens (primary N) is 1. The van der Waals surface area contributed by atoms with Crippen molar-refractivity contribution in [3.8, 4) is 11.5 Å². The molecule has 92 valence electrons. The van der Waals surface area contributed by atoms with Crippen molar-refractivity contribution in [1.82, 2.24) is 0 Å². The number of aryl methyl sites for hydroxylation is 1. The standard InChI is InChI=1S/C13H17NO3/c1-2-9-7-12-13(17-6-5-16-12)8-10(9)11(15)3-4-14/h7-8H,2-6,14H2,1H3. The van der Waals surface area contributed by atoms with Crippen LogP contribution in [0.3, 0.4) is 0 Å². The monoisotopic (exact) mass is 235 g/mol. The molecule has 1 aromatic carbocycles. The highest BCUT2D eigenvalue weighted by molar-refractivity contribution is 5.98. The predicted molar refractivity (Wildman–Crippen MR) is 64.8 cm³/mol. The summed E-state index contributed by atoms with van der Waals surface area (Å²) >= 11 is 0. The lowest BCUT2D eigenvalue weighted by Gasteiger charge is -2.20. The molecule has 1 heterocycles. The summed E-state index contributed by atoms with van der Waals surface area (Å²) in [6, 6.07) is 3.68. The van der Waals surface area contributed by atoms with Crippen molar-refractivity contribution in [2.24, 2.45) is 5.73 Å². The molecule has 0 aliphatic carbocycles. The highest BCUT2D eigenvalue weighted by atomic mass is 16.6. The number of ketones is 1. The Labute approximate surface area is 101 Å². The van der Waals surface area contributed by atoms with Crippen LogP contribution in [0.1, 0.15) is 29.3 Å². The molecule has 0 unspecified atom stereocenters. The highest BCUT2D eigenvalue weighted by Crippen LogP contribution is 2.33. The molecule has 4 nitrogen and oxygen atoms in total. The van der Waals surface area contributed by atoms with Gasteiger partial charge in [0.15, 0.2) is 17.3 Å². The van der Waals surface area contributed by atoms with Crippen LogP contribution in [0, 0.1) is 0 Å². The zero-order valence-corrected chi connectivity index (χ0v) is 9.99. The molecule has 0 saturated carbocycles. The van der Waals surface area contributed by atoms with Crippen molar-refractivity contribution in [3.63, 3.8) is 0 Å². The number of hydrogen-bond donors (Lipinski definition) is 1. The van der Waals surface area contributed by atoms with Crippen LogP contribution in [0.5, 0.6) is 11.5 Å². The second kappa shape index (κ2) is 5.19. The van der Waals surface area contributed by atoms with Gasteiger partial charge >= 0.3 is 0 Å². The summed E-state index contributed by atoms with van der Waals surface area (Å²) in [5, 5.41) is 0. The second-order valence-electron chi connectivity index (χ2n) is 3.97. The van der Waals surface area contributed by atoms with Crippen LogP contribution in [-0.4, -0.2) is 25.5 Å². The number of fused-ring (bicyclic) bond motifs is 1. The first-order chi connectivity index (χ1) is 8.26. The summed E-state index contributed by atoms with van der Waals surface area (Å²) < 4.78 is 11.0. The van der Waals surface area contributed by atoms with Gasteiger partial charge in [-0.15, -0.1) is 0 Å². The smallest absolute Gasteiger partial charge is 0.164 e. The van der Waals surface area contributed by atoms with Gasteiger partial charge in [-0.3, -0.25) is 4.79 Å². The first-order valence-corrected chi connectivity index (χ1v) is 5.92. The lowest BCUT2D eigenvalue weighted by molar-refractivity contribution is 0.0983. The molecule has 4 heteroatoms. The first-order valence-electron chi connectivity index (χ1n) is 5.92. The van der Waals surface area contributed by atoms with E-state index in [1.165, 1.54) is 0 Å². The molecule has 0 fully saturated rings. The summed E-state index contributed by atoms with van der Waals surface area (Å²) in [6.45, 7) is 3.48. The Morgan fingerprint density at radius 1 is 1.29 bits per heavy atom. The van der Waals surface area contributed by atoms with Crippen molar-refractivity contribution < 1.29 is 14.3 Å². The van der Waals surface area contributed by atoms with Gasteiger partial charge in [-0.2, -0.15) is 0 Å². The van der Waals surface area contributed by atoms with Gasteiger partial charge in [0.1, 0.15) is 13.2 Å². The van der Waals surface area contributed by atoms with E-state index in [0.29, 0.717) is 37.5 Å². The molecule has 0 spiro atoms. The molecule has 0 amide bonds. The fraction of sp³-hybridized carbons (Fsp3) is 0.462. The number of hydrogen-bond acceptors (Lipinski definition) is 4. The van der Waals surface area contributed by atoms with Crippen molar-refractivity contribution >= 4 is 5.78 Å². The summed E-state index contributed by atoms with van der Waals surface area (Å²) in [4.78, 5) is 11.9. The van der Waals surface area contributed by atoms with Crippen molar-refractivity contribution in [2.75, 3.05) is 19.8 Å². The van der Waals surface area contributed by atoms with E-state index in [-0.39, 0.29) is 5.78 Å². The van der Waals surface area contributed by atoms with Gasteiger partial charge in [0.2, 0.25) is 0 Å². The Hall–Kier alpha value is -1.55. The summed E-state index contributed by atoms with van der Waals surface area (Å²) in [6.07, 6.45) is 1.16. The van der Waals surface area contributed by atoms with E-state index in [9.17, 15) is 4.79 Å². The molecule has 0 bridgehead atoms. The maximum Gasteiger partial charge on any atom is 0.164 e. The molecule has 1 aromatic rings. The molecule has 1 aliphatic heterocycles. The van der Waals surface area contributed by atoms with Crippen LogP contribution in [0.2, 0.25) is 0 Å². The molecule has 0 aromatic heterocycles. The fourth-order valence-corrected chi connectivity index (χ4v) is 1.95. The molecule has 17 heavy (non-hydrogen) atoms. The van der Waals surface area contributed by atoms with E-state index >= 15 is 0 Å². The summed E-state index contributed by atoms with van der Waals surface area (Å²) in [7, 11) is 0. The van der Waals surface area contributed by atoms with Crippen LogP contribution in [0.25, 0.3) is 0 Å². The number of carbonyl (C=O) groups excluding carboxylic acids is 1. The molecule has 2 rings (SSSR count). The Bertz CT molecular complexity index is 429. The third-order valence-corrected chi connectivity index (χ3v) is 2.82. The van der Waals surface area contributed by atoms with Crippen molar-refractivity contribution in [1.29, 1.82) is 0 Å². The van der Waals surface area contributed by atoms with Gasteiger partial charge in [-0.05, 0) is 30.7 Å². The average molecular weight is 235 g/mol. The van der Waals surface area contributed by atoms with Gasteiger partial charge < -0.3 is 15.2 Å². The predicted octanol–water partition coefficient (Wildman–Crippen LogP) is 1.55. The quantitative estimate of drug-likeness (QED) is 0.804. The highest BCUT2D eigenvalue weighted by Gasteiger charge is 2.18. The Balaban J connectivity index is 2.39. The maximum absolute atomic E-state index is 11.9. The summed E-state index contributed by atoms with van der Waals surface area (Å²) in [5.41, 5.74) is 7.12. The van der Waals surface area contributed by atoms with Gasteiger partial charge in [-0.1, -0.05) is 6.92 Å². The Morgan fingerprint density at radius 3 is 2.53 bits per heavy atom. The van der Waals surface area contributed by atoms with E-state index < -0.39 is 0 Å². The van der Waals surface area contributed by atoms with E-state index in [1.54, 1.807) is 6.07 Å². The topological polar surface area (TPSA) is 61.6 Å². The average Bonchev–Trinajstić information content (AvgIpc) is 2.37. The normalized spacial score (nSPS) is 13.5. The van der Waals surface area contributed by atoms with Crippen LogP contribution in [-0.2, 0) is 6.42 Å². The van der Waals surface area contributed by atoms with Crippen LogP contribution >= 0.6 is 0 Å². The third kappa shape index (κ3) is 2.42. The number of benzene rings is 1. The molecular weight excluding hydrogens is 218 g/mol. The first kappa shape index (κ1) is 11.9. The third-order valence-electron chi connectivity index (χ3n) is 2.82. The van der Waals surface area contributed by atoms with Crippen LogP contribution < -0.4 is 15.2 Å². The molecule has 0 radical (unpaired) electrons. The van der Waals surface area contributed by atoms with E-state index in [2.05, 4.69) is 0 Å². The van der Waals surface area contributed by atoms with Gasteiger partial charge in [0.05, 0.1) is 0 Å². The molecule has 1 aliphatic rings. The molecular formula is C13H17NO3. The minimum absolute atomic E-state index is 0.0707. The summed E-state index contributed by atoms with van der Waals surface area (Å²) in [5.74, 6) is 1.47. The number of carbonyl (C=O) groups is 1. The lowest BCUT2D eigenvalue weighted by Crippen LogP contribution is -2.17. The van der Waals surface area contributed by atoms with E-state index in [0.717, 1.165) is 17.7 Å². The Kier molecular flexibility index (Phi) is 3.64. The molecule has 0 atom stereocenters. The fourth-order valence-electron chi connectivity index (χ4n) is 1.95. The van der Waals surface area contributed by atoms with Crippen molar-refractivity contribution in [3.05, 3.63) is 23.3 Å². The largest absolute Gasteiger partial charge is 0.486 e. The van der Waals surface area contributed by atoms with Gasteiger partial charge in [0, 0.05) is 12.0 Å². The number of Topliss-reactive ketones (excluding diaryl/α,β-unsaturated/α-hetero) is 1. The van der Waals surface area contributed by atoms with Gasteiger partial charge in [-0.25, -0.2) is 0 Å². The van der Waals surface area contributed by atoms with Crippen molar-refractivity contribution in [2.45, 2.75) is 19.8 Å². The van der Waals surface area contributed by atoms with Crippen LogP contribution in [0.15, 0.2) is 12.1 Å². The minimum atomic E-state index is 0.0707. The maximum atomic E-state index is 11.9. The van der Waals surface area contributed by atoms with Gasteiger partial charge in [0.25, 0.3) is 0 Å². The van der Waals surface area contributed by atoms with E-state index in [1.807, 2.05) is 13.0 Å². The molecule has 0 saturated heterocycles. The SMILES string of the molecule is CCc1cc2c(cc1C(=O)CCN)OCCO2. The molecule has 2 N–H and O–H groups in total. The second-order valence-corrected chi connectivity index (χ2v) is 3.97. The number of rotatable bonds is 4. The van der Waals surface area contributed by atoms with E-state index in [4.69, 9.17) is 15.2 Å². The lowest BCUT2D eigenvalue weighted by atomic mass is 9.98. The Morgan fingerprint density at radius 2 is 1.94 bits per heavy atom. The number of ether oxygens (including phenoxy) is 2. The minimum Gasteiger partial charge on any atom is -0.486 e.